The lowest BCUT2D eigenvalue weighted by atomic mass is 9.94. The van der Waals surface area contributed by atoms with Crippen molar-refractivity contribution in [2.75, 3.05) is 6.61 Å². The second-order valence-corrected chi connectivity index (χ2v) is 2.98. The van der Waals surface area contributed by atoms with Crippen LogP contribution in [0.5, 0.6) is 0 Å². The molecule has 1 aliphatic rings. The molecule has 0 spiro atoms. The first kappa shape index (κ1) is 7.07. The van der Waals surface area contributed by atoms with Gasteiger partial charge in [-0.25, -0.2) is 0 Å². The molecule has 2 atom stereocenters. The maximum Gasteiger partial charge on any atom is 0.0549 e. The third-order valence-corrected chi connectivity index (χ3v) is 2.17. The Hall–Kier alpha value is -0.0400. The molecule has 9 heavy (non-hydrogen) atoms. The fourth-order valence-corrected chi connectivity index (χ4v) is 1.46. The molecule has 54 valence electrons. The fourth-order valence-electron chi connectivity index (χ4n) is 1.46. The first-order valence-electron chi connectivity index (χ1n) is 3.94. The third-order valence-electron chi connectivity index (χ3n) is 2.17. The summed E-state index contributed by atoms with van der Waals surface area (Å²) in [6.45, 7) is 5.42. The highest BCUT2D eigenvalue weighted by molar-refractivity contribution is 4.66. The summed E-state index contributed by atoms with van der Waals surface area (Å²) in [5.41, 5.74) is 0. The van der Waals surface area contributed by atoms with Crippen LogP contribution in [0.3, 0.4) is 0 Å². The summed E-state index contributed by atoms with van der Waals surface area (Å²) in [4.78, 5) is 0. The molecule has 1 rings (SSSR count). The Bertz CT molecular complexity index is 80.6. The van der Waals surface area contributed by atoms with Crippen LogP contribution in [0.2, 0.25) is 0 Å². The molecule has 0 N–H and O–H groups in total. The van der Waals surface area contributed by atoms with Crippen LogP contribution in [0.4, 0.5) is 0 Å². The highest BCUT2D eigenvalue weighted by Crippen LogP contribution is 2.21. The van der Waals surface area contributed by atoms with Crippen LogP contribution in [0.25, 0.3) is 0 Å². The number of rotatable bonds is 1. The number of hydrogen-bond acceptors (Lipinski definition) is 1. The summed E-state index contributed by atoms with van der Waals surface area (Å²) >= 11 is 0. The van der Waals surface area contributed by atoms with E-state index in [0.717, 1.165) is 12.5 Å². The lowest BCUT2D eigenvalue weighted by Crippen LogP contribution is -2.22. The van der Waals surface area contributed by atoms with Gasteiger partial charge in [0, 0.05) is 6.61 Å². The van der Waals surface area contributed by atoms with E-state index in [1.54, 1.807) is 0 Å². The summed E-state index contributed by atoms with van der Waals surface area (Å²) in [5.74, 6) is 0.939. The minimum Gasteiger partial charge on any atom is -0.378 e. The van der Waals surface area contributed by atoms with Crippen LogP contribution in [0, 0.1) is 5.92 Å². The van der Waals surface area contributed by atoms with Gasteiger partial charge in [0.25, 0.3) is 0 Å². The molecular weight excluding hydrogens is 112 g/mol. The Kier molecular flexibility index (Phi) is 2.52. The lowest BCUT2D eigenvalue weighted by molar-refractivity contribution is 0.00195. The van der Waals surface area contributed by atoms with Crippen LogP contribution >= 0.6 is 0 Å². The van der Waals surface area contributed by atoms with E-state index in [1.807, 2.05) is 0 Å². The quantitative estimate of drug-likeness (QED) is 0.526. The van der Waals surface area contributed by atoms with E-state index in [1.165, 1.54) is 19.3 Å². The summed E-state index contributed by atoms with van der Waals surface area (Å²) < 4.78 is 5.41. The van der Waals surface area contributed by atoms with E-state index in [9.17, 15) is 0 Å². The van der Waals surface area contributed by atoms with Crippen LogP contribution < -0.4 is 0 Å². The van der Waals surface area contributed by atoms with Gasteiger partial charge >= 0.3 is 0 Å². The molecule has 0 saturated carbocycles. The molecule has 0 aliphatic carbocycles. The van der Waals surface area contributed by atoms with Crippen molar-refractivity contribution < 1.29 is 4.74 Å². The maximum atomic E-state index is 5.41. The second kappa shape index (κ2) is 3.21. The molecule has 1 saturated heterocycles. The van der Waals surface area contributed by atoms with Crippen molar-refractivity contribution in [1.82, 2.24) is 0 Å². The average molecular weight is 128 g/mol. The van der Waals surface area contributed by atoms with Crippen molar-refractivity contribution in [1.29, 1.82) is 0 Å². The predicted octanol–water partition coefficient (Wildman–Crippen LogP) is 2.21. The number of ether oxygens (including phenoxy) is 1. The molecule has 0 amide bonds. The topological polar surface area (TPSA) is 9.23 Å². The largest absolute Gasteiger partial charge is 0.378 e. The first-order valence-corrected chi connectivity index (χ1v) is 3.94. The molecule has 0 bridgehead atoms. The van der Waals surface area contributed by atoms with Gasteiger partial charge in [-0.2, -0.15) is 0 Å². The minimum atomic E-state index is 0.517. The highest BCUT2D eigenvalue weighted by Gasteiger charge is 2.16. The zero-order chi connectivity index (χ0) is 6.69. The molecule has 1 heterocycles. The van der Waals surface area contributed by atoms with Crippen LogP contribution in [-0.4, -0.2) is 12.7 Å². The standard InChI is InChI=1S/C8H16O/c1-3-8-4-5-9-7(2)6-8/h7-8H,3-6H2,1-2H3/t7-,8?/m0/s1. The van der Waals surface area contributed by atoms with Gasteiger partial charge in [-0.15, -0.1) is 0 Å². The second-order valence-electron chi connectivity index (χ2n) is 2.98. The Balaban J connectivity index is 2.23. The van der Waals surface area contributed by atoms with E-state index in [0.29, 0.717) is 6.10 Å². The Morgan fingerprint density at radius 3 is 2.78 bits per heavy atom. The predicted molar refractivity (Wildman–Crippen MR) is 38.4 cm³/mol. The van der Waals surface area contributed by atoms with Crippen molar-refractivity contribution in [3.05, 3.63) is 0 Å². The van der Waals surface area contributed by atoms with Crippen molar-refractivity contribution in [3.8, 4) is 0 Å². The smallest absolute Gasteiger partial charge is 0.0549 e. The van der Waals surface area contributed by atoms with Gasteiger partial charge in [0.2, 0.25) is 0 Å². The zero-order valence-electron chi connectivity index (χ0n) is 6.39. The lowest BCUT2D eigenvalue weighted by Gasteiger charge is -2.25. The third kappa shape index (κ3) is 1.98. The van der Waals surface area contributed by atoms with E-state index in [2.05, 4.69) is 13.8 Å². The maximum absolute atomic E-state index is 5.41. The molecule has 0 radical (unpaired) electrons. The zero-order valence-corrected chi connectivity index (χ0v) is 6.39. The van der Waals surface area contributed by atoms with E-state index in [-0.39, 0.29) is 0 Å². The van der Waals surface area contributed by atoms with Crippen molar-refractivity contribution >= 4 is 0 Å². The fraction of sp³-hybridized carbons (Fsp3) is 1.00. The molecule has 1 heteroatoms. The Labute approximate surface area is 57.4 Å². The summed E-state index contributed by atoms with van der Waals surface area (Å²) in [5, 5.41) is 0. The summed E-state index contributed by atoms with van der Waals surface area (Å²) in [6.07, 6.45) is 4.40. The molecule has 1 aliphatic heterocycles. The Morgan fingerprint density at radius 1 is 1.56 bits per heavy atom. The van der Waals surface area contributed by atoms with Gasteiger partial charge in [-0.3, -0.25) is 0 Å². The van der Waals surface area contributed by atoms with Crippen molar-refractivity contribution in [3.63, 3.8) is 0 Å². The van der Waals surface area contributed by atoms with Gasteiger partial charge in [0.05, 0.1) is 6.10 Å². The monoisotopic (exact) mass is 128 g/mol. The van der Waals surface area contributed by atoms with E-state index in [4.69, 9.17) is 4.74 Å². The molecular formula is C8H16O. The van der Waals surface area contributed by atoms with Crippen molar-refractivity contribution in [2.24, 2.45) is 5.92 Å². The molecule has 0 aromatic heterocycles. The Morgan fingerprint density at radius 2 is 2.33 bits per heavy atom. The SMILES string of the molecule is CCC1CCO[C@@H](C)C1. The van der Waals surface area contributed by atoms with Gasteiger partial charge < -0.3 is 4.74 Å². The molecule has 0 aromatic rings. The average Bonchev–Trinajstić information content (AvgIpc) is 1.88. The van der Waals surface area contributed by atoms with E-state index < -0.39 is 0 Å². The van der Waals surface area contributed by atoms with Crippen LogP contribution in [0.15, 0.2) is 0 Å². The molecule has 1 fully saturated rings. The number of hydrogen-bond donors (Lipinski definition) is 0. The van der Waals surface area contributed by atoms with Crippen LogP contribution in [0.1, 0.15) is 33.1 Å². The van der Waals surface area contributed by atoms with Gasteiger partial charge in [0.15, 0.2) is 0 Å². The normalized spacial score (nSPS) is 36.7. The van der Waals surface area contributed by atoms with Gasteiger partial charge in [-0.1, -0.05) is 13.3 Å². The summed E-state index contributed by atoms with van der Waals surface area (Å²) in [6, 6.07) is 0. The van der Waals surface area contributed by atoms with Crippen molar-refractivity contribution in [2.45, 2.75) is 39.2 Å². The molecule has 1 nitrogen and oxygen atoms in total. The summed E-state index contributed by atoms with van der Waals surface area (Å²) in [7, 11) is 0. The molecule has 0 aromatic carbocycles. The first-order chi connectivity index (χ1) is 4.33. The van der Waals surface area contributed by atoms with Gasteiger partial charge in [-0.05, 0) is 25.7 Å². The van der Waals surface area contributed by atoms with Crippen LogP contribution in [-0.2, 0) is 4.74 Å². The van der Waals surface area contributed by atoms with E-state index >= 15 is 0 Å². The molecule has 1 unspecified atom stereocenters. The highest BCUT2D eigenvalue weighted by atomic mass is 16.5. The van der Waals surface area contributed by atoms with Gasteiger partial charge in [0.1, 0.15) is 0 Å². The minimum absolute atomic E-state index is 0.517.